The van der Waals surface area contributed by atoms with Crippen molar-refractivity contribution in [3.8, 4) is 0 Å². The molecule has 0 bridgehead atoms. The molecular formula is C17H34N2O. The zero-order chi connectivity index (χ0) is 14.4. The number of piperazine rings is 1. The van der Waals surface area contributed by atoms with E-state index in [9.17, 15) is 5.11 Å². The van der Waals surface area contributed by atoms with E-state index in [0.29, 0.717) is 12.6 Å². The largest absolute Gasteiger partial charge is 0.396 e. The first-order valence-corrected chi connectivity index (χ1v) is 8.76. The van der Waals surface area contributed by atoms with E-state index in [-0.39, 0.29) is 0 Å². The minimum absolute atomic E-state index is 0.330. The highest BCUT2D eigenvalue weighted by molar-refractivity contribution is 4.84. The predicted octanol–water partition coefficient (Wildman–Crippen LogP) is 2.59. The molecular weight excluding hydrogens is 248 g/mol. The van der Waals surface area contributed by atoms with Crippen LogP contribution in [0.25, 0.3) is 0 Å². The van der Waals surface area contributed by atoms with Gasteiger partial charge in [-0.1, -0.05) is 33.1 Å². The van der Waals surface area contributed by atoms with Crippen LogP contribution in [0.3, 0.4) is 0 Å². The van der Waals surface area contributed by atoms with Gasteiger partial charge in [-0.05, 0) is 31.1 Å². The molecule has 0 radical (unpaired) electrons. The zero-order valence-electron chi connectivity index (χ0n) is 13.6. The number of hydrogen-bond acceptors (Lipinski definition) is 3. The van der Waals surface area contributed by atoms with Gasteiger partial charge in [-0.3, -0.25) is 4.90 Å². The lowest BCUT2D eigenvalue weighted by Crippen LogP contribution is -2.55. The number of nitrogens with zero attached hydrogens (tertiary/aromatic N) is 2. The molecule has 1 saturated carbocycles. The van der Waals surface area contributed by atoms with Crippen LogP contribution in [0.5, 0.6) is 0 Å². The minimum atomic E-state index is 0.330. The molecule has 0 spiro atoms. The van der Waals surface area contributed by atoms with Crippen LogP contribution in [0.1, 0.15) is 52.4 Å². The van der Waals surface area contributed by atoms with Crippen LogP contribution in [0.4, 0.5) is 0 Å². The maximum absolute atomic E-state index is 9.33. The number of hydrogen-bond donors (Lipinski definition) is 1. The second-order valence-electron chi connectivity index (χ2n) is 7.32. The van der Waals surface area contributed by atoms with E-state index in [2.05, 4.69) is 23.6 Å². The highest BCUT2D eigenvalue weighted by Crippen LogP contribution is 2.25. The van der Waals surface area contributed by atoms with Crippen molar-refractivity contribution < 1.29 is 5.11 Å². The van der Waals surface area contributed by atoms with Crippen LogP contribution >= 0.6 is 0 Å². The maximum Gasteiger partial charge on any atom is 0.0446 e. The smallest absolute Gasteiger partial charge is 0.0446 e. The third-order valence-corrected chi connectivity index (χ3v) is 4.99. The Balaban J connectivity index is 1.81. The van der Waals surface area contributed by atoms with Crippen molar-refractivity contribution in [1.29, 1.82) is 0 Å². The molecule has 3 nitrogen and oxygen atoms in total. The SMILES string of the molecule is CC(C)CN1CCN(CC2CCCCC2)C[C@@H]1CCO. The normalized spacial score (nSPS) is 27.3. The molecule has 3 heteroatoms. The van der Waals surface area contributed by atoms with Gasteiger partial charge in [0.05, 0.1) is 0 Å². The van der Waals surface area contributed by atoms with Crippen molar-refractivity contribution in [3.63, 3.8) is 0 Å². The van der Waals surface area contributed by atoms with E-state index >= 15 is 0 Å². The lowest BCUT2D eigenvalue weighted by atomic mass is 9.88. The Kier molecular flexibility index (Phi) is 6.79. The number of aliphatic hydroxyl groups excluding tert-OH is 1. The first-order chi connectivity index (χ1) is 9.69. The Labute approximate surface area is 125 Å². The molecule has 2 rings (SSSR count). The molecule has 0 aromatic carbocycles. The fourth-order valence-electron chi connectivity index (χ4n) is 3.99. The van der Waals surface area contributed by atoms with Crippen molar-refractivity contribution in [2.24, 2.45) is 11.8 Å². The van der Waals surface area contributed by atoms with E-state index in [0.717, 1.165) is 18.3 Å². The average molecular weight is 282 g/mol. The lowest BCUT2D eigenvalue weighted by Gasteiger charge is -2.43. The van der Waals surface area contributed by atoms with Gasteiger partial charge < -0.3 is 10.0 Å². The summed E-state index contributed by atoms with van der Waals surface area (Å²) in [6.45, 7) is 11.0. The molecule has 118 valence electrons. The molecule has 2 aliphatic rings. The van der Waals surface area contributed by atoms with Crippen LogP contribution in [0.2, 0.25) is 0 Å². The first kappa shape index (κ1) is 16.3. The van der Waals surface area contributed by atoms with Crippen molar-refractivity contribution in [2.75, 3.05) is 39.3 Å². The molecule has 1 N–H and O–H groups in total. The Bertz CT molecular complexity index is 264. The van der Waals surface area contributed by atoms with E-state index in [4.69, 9.17) is 0 Å². The third-order valence-electron chi connectivity index (χ3n) is 4.99. The van der Waals surface area contributed by atoms with E-state index in [1.165, 1.54) is 64.8 Å². The molecule has 20 heavy (non-hydrogen) atoms. The summed E-state index contributed by atoms with van der Waals surface area (Å²) in [5.41, 5.74) is 0. The molecule has 1 aliphatic heterocycles. The van der Waals surface area contributed by atoms with Crippen LogP contribution < -0.4 is 0 Å². The van der Waals surface area contributed by atoms with Gasteiger partial charge in [0.25, 0.3) is 0 Å². The van der Waals surface area contributed by atoms with Crippen LogP contribution in [0.15, 0.2) is 0 Å². The molecule has 0 unspecified atom stereocenters. The lowest BCUT2D eigenvalue weighted by molar-refractivity contribution is 0.0407. The summed E-state index contributed by atoms with van der Waals surface area (Å²) < 4.78 is 0. The van der Waals surface area contributed by atoms with Gasteiger partial charge in [-0.15, -0.1) is 0 Å². The maximum atomic E-state index is 9.33. The Morgan fingerprint density at radius 1 is 1.10 bits per heavy atom. The van der Waals surface area contributed by atoms with Gasteiger partial charge in [0.2, 0.25) is 0 Å². The Morgan fingerprint density at radius 2 is 1.85 bits per heavy atom. The fourth-order valence-corrected chi connectivity index (χ4v) is 3.99. The summed E-state index contributed by atoms with van der Waals surface area (Å²) in [5, 5.41) is 9.33. The van der Waals surface area contributed by atoms with Crippen LogP contribution in [-0.2, 0) is 0 Å². The summed E-state index contributed by atoms with van der Waals surface area (Å²) in [5.74, 6) is 1.66. The summed E-state index contributed by atoms with van der Waals surface area (Å²) in [4.78, 5) is 5.28. The number of rotatable bonds is 6. The first-order valence-electron chi connectivity index (χ1n) is 8.76. The molecule has 1 heterocycles. The minimum Gasteiger partial charge on any atom is -0.396 e. The average Bonchev–Trinajstić information content (AvgIpc) is 2.43. The topological polar surface area (TPSA) is 26.7 Å². The second kappa shape index (κ2) is 8.35. The zero-order valence-corrected chi connectivity index (χ0v) is 13.6. The summed E-state index contributed by atoms with van der Waals surface area (Å²) in [7, 11) is 0. The van der Waals surface area contributed by atoms with Gasteiger partial charge in [-0.25, -0.2) is 0 Å². The summed E-state index contributed by atoms with van der Waals surface area (Å²) in [6.07, 6.45) is 8.16. The monoisotopic (exact) mass is 282 g/mol. The molecule has 0 aromatic rings. The van der Waals surface area contributed by atoms with Crippen LogP contribution in [0, 0.1) is 11.8 Å². The molecule has 2 fully saturated rings. The van der Waals surface area contributed by atoms with Crippen molar-refractivity contribution in [2.45, 2.75) is 58.4 Å². The second-order valence-corrected chi connectivity index (χ2v) is 7.32. The molecule has 1 aliphatic carbocycles. The summed E-state index contributed by atoms with van der Waals surface area (Å²) in [6, 6.07) is 0.569. The van der Waals surface area contributed by atoms with Crippen LogP contribution in [-0.4, -0.2) is 60.3 Å². The fraction of sp³-hybridized carbons (Fsp3) is 1.00. The van der Waals surface area contributed by atoms with E-state index in [1.54, 1.807) is 0 Å². The predicted molar refractivity (Wildman–Crippen MR) is 84.9 cm³/mol. The number of aliphatic hydroxyl groups is 1. The Hall–Kier alpha value is -0.120. The Morgan fingerprint density at radius 3 is 2.50 bits per heavy atom. The third kappa shape index (κ3) is 5.01. The highest BCUT2D eigenvalue weighted by atomic mass is 16.3. The van der Waals surface area contributed by atoms with Gasteiger partial charge in [0.1, 0.15) is 0 Å². The van der Waals surface area contributed by atoms with Gasteiger partial charge in [-0.2, -0.15) is 0 Å². The van der Waals surface area contributed by atoms with Crippen molar-refractivity contribution in [3.05, 3.63) is 0 Å². The standard InChI is InChI=1S/C17H34N2O/c1-15(2)12-19-10-9-18(14-17(19)8-11-20)13-16-6-4-3-5-7-16/h15-17,20H,3-14H2,1-2H3/t17-/m0/s1. The van der Waals surface area contributed by atoms with Gasteiger partial charge >= 0.3 is 0 Å². The molecule has 1 atom stereocenters. The molecule has 1 saturated heterocycles. The molecule has 0 amide bonds. The van der Waals surface area contributed by atoms with Gasteiger partial charge in [0, 0.05) is 45.4 Å². The van der Waals surface area contributed by atoms with Crippen molar-refractivity contribution in [1.82, 2.24) is 9.80 Å². The van der Waals surface area contributed by atoms with Crippen molar-refractivity contribution >= 4 is 0 Å². The van der Waals surface area contributed by atoms with E-state index < -0.39 is 0 Å². The highest BCUT2D eigenvalue weighted by Gasteiger charge is 2.28. The molecule has 0 aromatic heterocycles. The van der Waals surface area contributed by atoms with E-state index in [1.807, 2.05) is 0 Å². The van der Waals surface area contributed by atoms with Gasteiger partial charge in [0.15, 0.2) is 0 Å². The quantitative estimate of drug-likeness (QED) is 0.811. The summed E-state index contributed by atoms with van der Waals surface area (Å²) >= 11 is 0.